The molecule has 4 heterocycles. The van der Waals surface area contributed by atoms with Crippen LogP contribution in [0.5, 0.6) is 0 Å². The van der Waals surface area contributed by atoms with Gasteiger partial charge in [0.25, 0.3) is 0 Å². The van der Waals surface area contributed by atoms with E-state index in [1.165, 1.54) is 5.56 Å². The molecule has 0 saturated carbocycles. The van der Waals surface area contributed by atoms with Crippen LogP contribution in [-0.2, 0) is 16.7 Å². The monoisotopic (exact) mass is 481 g/mol. The van der Waals surface area contributed by atoms with Gasteiger partial charge in [-0.15, -0.1) is 0 Å². The summed E-state index contributed by atoms with van der Waals surface area (Å²) in [6.45, 7) is 6.03. The quantitative estimate of drug-likeness (QED) is 0.399. The fourth-order valence-electron chi connectivity index (χ4n) is 3.98. The standard InChI is InChI=1S/C27H27N7O2/c1-27(2,16-28)24-11-19(7-9-30-24)22-14-32-26(29)25(33-22)23-12-21(34-36-23)18-5-3-17(4-6-18)13-31-20-8-10-35-15-20/h3-7,9,11-12,14,20,31H,8,10,13,15H2,1-2H3,(H2,29,32). The lowest BCUT2D eigenvalue weighted by Crippen LogP contribution is -2.28. The fraction of sp³-hybridized carbons (Fsp3) is 0.296. The maximum atomic E-state index is 9.46. The Balaban J connectivity index is 1.36. The second-order valence-electron chi connectivity index (χ2n) is 9.37. The van der Waals surface area contributed by atoms with E-state index in [1.807, 2.05) is 44.2 Å². The molecule has 4 aromatic rings. The SMILES string of the molecule is CC(C)(C#N)c1cc(-c2cnc(N)c(-c3cc(-c4ccc(CNC5CCOC5)cc4)no3)n2)ccn1. The molecule has 1 unspecified atom stereocenters. The van der Waals surface area contributed by atoms with E-state index in [0.29, 0.717) is 34.6 Å². The summed E-state index contributed by atoms with van der Waals surface area (Å²) in [5.74, 6) is 0.667. The number of hydrogen-bond acceptors (Lipinski definition) is 9. The van der Waals surface area contributed by atoms with Gasteiger partial charge in [-0.25, -0.2) is 9.97 Å². The summed E-state index contributed by atoms with van der Waals surface area (Å²) in [6.07, 6.45) is 4.31. The van der Waals surface area contributed by atoms with Crippen LogP contribution in [0.15, 0.2) is 59.4 Å². The third-order valence-corrected chi connectivity index (χ3v) is 6.29. The van der Waals surface area contributed by atoms with Crippen molar-refractivity contribution < 1.29 is 9.26 Å². The highest BCUT2D eigenvalue weighted by molar-refractivity contribution is 5.73. The number of rotatable bonds is 7. The molecule has 3 N–H and O–H groups in total. The van der Waals surface area contributed by atoms with E-state index in [0.717, 1.165) is 37.3 Å². The van der Waals surface area contributed by atoms with Crippen LogP contribution < -0.4 is 11.1 Å². The Labute approximate surface area is 209 Å². The molecule has 3 aromatic heterocycles. The van der Waals surface area contributed by atoms with Gasteiger partial charge in [0.15, 0.2) is 17.3 Å². The minimum absolute atomic E-state index is 0.241. The molecular formula is C27H27N7O2. The largest absolute Gasteiger partial charge is 0.382 e. The molecule has 1 fully saturated rings. The lowest BCUT2D eigenvalue weighted by atomic mass is 9.90. The molecule has 9 nitrogen and oxygen atoms in total. The summed E-state index contributed by atoms with van der Waals surface area (Å²) in [5.41, 5.74) is 10.7. The van der Waals surface area contributed by atoms with Gasteiger partial charge in [0.05, 0.1) is 35.7 Å². The third-order valence-electron chi connectivity index (χ3n) is 6.29. The van der Waals surface area contributed by atoms with Gasteiger partial charge < -0.3 is 20.3 Å². The number of nitrogens with one attached hydrogen (secondary N) is 1. The number of aromatic nitrogens is 4. The van der Waals surface area contributed by atoms with E-state index in [4.69, 9.17) is 20.0 Å². The predicted molar refractivity (Wildman–Crippen MR) is 135 cm³/mol. The number of nitrogens with zero attached hydrogens (tertiary/aromatic N) is 5. The molecule has 5 rings (SSSR count). The summed E-state index contributed by atoms with van der Waals surface area (Å²) in [6, 6.07) is 16.4. The molecule has 0 aliphatic carbocycles. The zero-order chi connectivity index (χ0) is 25.1. The van der Waals surface area contributed by atoms with Crippen LogP contribution in [0.3, 0.4) is 0 Å². The van der Waals surface area contributed by atoms with Gasteiger partial charge >= 0.3 is 0 Å². The number of anilines is 1. The molecule has 1 saturated heterocycles. The summed E-state index contributed by atoms with van der Waals surface area (Å²) >= 11 is 0. The first-order chi connectivity index (χ1) is 17.4. The van der Waals surface area contributed by atoms with Gasteiger partial charge in [0, 0.05) is 42.6 Å². The van der Waals surface area contributed by atoms with Gasteiger partial charge in [0.1, 0.15) is 5.69 Å². The van der Waals surface area contributed by atoms with Crippen molar-refractivity contribution in [3.05, 3.63) is 66.1 Å². The number of ether oxygens (including phenoxy) is 1. The average Bonchev–Trinajstić information content (AvgIpc) is 3.61. The first kappa shape index (κ1) is 23.6. The fourth-order valence-corrected chi connectivity index (χ4v) is 3.98. The third kappa shape index (κ3) is 4.96. The van der Waals surface area contributed by atoms with Gasteiger partial charge in [-0.3, -0.25) is 4.98 Å². The van der Waals surface area contributed by atoms with Crippen molar-refractivity contribution >= 4 is 5.82 Å². The molecule has 0 amide bonds. The lowest BCUT2D eigenvalue weighted by Gasteiger charge is -2.15. The van der Waals surface area contributed by atoms with Crippen molar-refractivity contribution in [2.45, 2.75) is 38.3 Å². The van der Waals surface area contributed by atoms with Gasteiger partial charge in [-0.2, -0.15) is 5.26 Å². The summed E-state index contributed by atoms with van der Waals surface area (Å²) in [4.78, 5) is 13.4. The van der Waals surface area contributed by atoms with Crippen LogP contribution in [0.25, 0.3) is 34.0 Å². The summed E-state index contributed by atoms with van der Waals surface area (Å²) in [5, 5.41) is 17.2. The van der Waals surface area contributed by atoms with Gasteiger partial charge in [-0.05, 0) is 38.0 Å². The topological polar surface area (TPSA) is 136 Å². The van der Waals surface area contributed by atoms with Crippen LogP contribution >= 0.6 is 0 Å². The molecule has 0 spiro atoms. The Hall–Kier alpha value is -4.13. The molecule has 1 aliphatic heterocycles. The van der Waals surface area contributed by atoms with Crippen molar-refractivity contribution in [2.24, 2.45) is 0 Å². The molecule has 1 aliphatic rings. The Morgan fingerprint density at radius 3 is 2.69 bits per heavy atom. The van der Waals surface area contributed by atoms with Crippen LogP contribution in [0.2, 0.25) is 0 Å². The Kier molecular flexibility index (Phi) is 6.46. The highest BCUT2D eigenvalue weighted by Crippen LogP contribution is 2.31. The highest BCUT2D eigenvalue weighted by atomic mass is 16.5. The number of pyridine rings is 1. The number of hydrogen-bond donors (Lipinski definition) is 2. The minimum atomic E-state index is -0.726. The van der Waals surface area contributed by atoms with E-state index >= 15 is 0 Å². The van der Waals surface area contributed by atoms with Gasteiger partial charge in [-0.1, -0.05) is 29.4 Å². The number of nitrogens with two attached hydrogens (primary N) is 1. The average molecular weight is 482 g/mol. The molecule has 0 radical (unpaired) electrons. The van der Waals surface area contributed by atoms with Crippen molar-refractivity contribution in [2.75, 3.05) is 18.9 Å². The normalized spacial score (nSPS) is 15.6. The van der Waals surface area contributed by atoms with E-state index in [1.54, 1.807) is 12.4 Å². The number of nitriles is 1. The molecule has 36 heavy (non-hydrogen) atoms. The maximum Gasteiger partial charge on any atom is 0.189 e. The first-order valence-electron chi connectivity index (χ1n) is 11.8. The Bertz CT molecular complexity index is 1400. The molecule has 182 valence electrons. The van der Waals surface area contributed by atoms with Crippen LogP contribution in [0, 0.1) is 11.3 Å². The van der Waals surface area contributed by atoms with E-state index in [9.17, 15) is 5.26 Å². The second-order valence-corrected chi connectivity index (χ2v) is 9.37. The second kappa shape index (κ2) is 9.85. The van der Waals surface area contributed by atoms with E-state index in [-0.39, 0.29) is 5.82 Å². The summed E-state index contributed by atoms with van der Waals surface area (Å²) < 4.78 is 11.0. The van der Waals surface area contributed by atoms with Gasteiger partial charge in [0.2, 0.25) is 0 Å². The van der Waals surface area contributed by atoms with Crippen molar-refractivity contribution in [3.63, 3.8) is 0 Å². The first-order valence-corrected chi connectivity index (χ1v) is 11.8. The Morgan fingerprint density at radius 1 is 1.11 bits per heavy atom. The predicted octanol–water partition coefficient (Wildman–Crippen LogP) is 4.12. The van der Waals surface area contributed by atoms with Crippen LogP contribution in [0.1, 0.15) is 31.5 Å². The van der Waals surface area contributed by atoms with Crippen LogP contribution in [-0.4, -0.2) is 39.4 Å². The van der Waals surface area contributed by atoms with Crippen molar-refractivity contribution in [1.29, 1.82) is 5.26 Å². The van der Waals surface area contributed by atoms with Crippen molar-refractivity contribution in [1.82, 2.24) is 25.4 Å². The smallest absolute Gasteiger partial charge is 0.189 e. The molecule has 1 atom stereocenters. The Morgan fingerprint density at radius 2 is 1.94 bits per heavy atom. The molecule has 1 aromatic carbocycles. The van der Waals surface area contributed by atoms with E-state index < -0.39 is 5.41 Å². The molecule has 0 bridgehead atoms. The highest BCUT2D eigenvalue weighted by Gasteiger charge is 2.22. The zero-order valence-corrected chi connectivity index (χ0v) is 20.2. The minimum Gasteiger partial charge on any atom is -0.382 e. The summed E-state index contributed by atoms with van der Waals surface area (Å²) in [7, 11) is 0. The maximum absolute atomic E-state index is 9.46. The lowest BCUT2D eigenvalue weighted by molar-refractivity contribution is 0.190. The van der Waals surface area contributed by atoms with Crippen molar-refractivity contribution in [3.8, 4) is 40.0 Å². The van der Waals surface area contributed by atoms with Crippen LogP contribution in [0.4, 0.5) is 5.82 Å². The number of benzene rings is 1. The molecule has 9 heteroatoms. The number of nitrogen functional groups attached to an aromatic ring is 1. The van der Waals surface area contributed by atoms with E-state index in [2.05, 4.69) is 38.6 Å². The molecular weight excluding hydrogens is 454 g/mol. The zero-order valence-electron chi connectivity index (χ0n) is 20.2.